The van der Waals surface area contributed by atoms with Gasteiger partial charge in [0.2, 0.25) is 0 Å². The van der Waals surface area contributed by atoms with E-state index >= 15 is 0 Å². The van der Waals surface area contributed by atoms with E-state index in [0.29, 0.717) is 0 Å². The first kappa shape index (κ1) is 23.0. The normalized spacial score (nSPS) is 3.43. The third kappa shape index (κ3) is 70.2. The topological polar surface area (TPSA) is 79.7 Å². The molecule has 0 aromatic rings. The second-order valence-electron chi connectivity index (χ2n) is 0.204. The molecule has 0 bridgehead atoms. The van der Waals surface area contributed by atoms with Gasteiger partial charge in [-0.05, 0) is 0 Å². The molecule has 0 amide bonds. The molecule has 0 saturated heterocycles. The third-order valence-electron chi connectivity index (χ3n) is 0. The molecule has 0 spiro atoms. The molecule has 7 heavy (non-hydrogen) atoms. The van der Waals surface area contributed by atoms with E-state index in [1.54, 1.807) is 0 Å². The molecule has 0 radical (unpaired) electrons. The van der Waals surface area contributed by atoms with Crippen molar-refractivity contribution < 1.29 is 92.0 Å². The Morgan fingerprint density at radius 3 is 0.857 bits per heavy atom. The van der Waals surface area contributed by atoms with E-state index in [-0.39, 0.29) is 64.6 Å². The fourth-order valence-electron chi connectivity index (χ4n) is 0. The molecular weight excluding hydrogens is 206 g/mol. The van der Waals surface area contributed by atoms with E-state index in [4.69, 9.17) is 10.2 Å². The molecule has 0 saturated carbocycles. The SMILES string of the molecule is [Na+].[Na+].[O-2].[O]=[Mo](=[O])=[O]. The first-order valence-corrected chi connectivity index (χ1v) is 2.96. The molecule has 0 atom stereocenters. The van der Waals surface area contributed by atoms with Crippen molar-refractivity contribution in [2.45, 2.75) is 0 Å². The zero-order valence-electron chi connectivity index (χ0n) is 4.04. The van der Waals surface area contributed by atoms with Crippen LogP contribution in [0.25, 0.3) is 0 Å². The Bertz CT molecular complexity index is 79.1. The minimum atomic E-state index is -4.11. The second kappa shape index (κ2) is 15.7. The van der Waals surface area contributed by atoms with Crippen LogP contribution in [0.5, 0.6) is 0 Å². The monoisotopic (exact) mass is 208 g/mol. The van der Waals surface area contributed by atoms with Gasteiger partial charge < -0.3 is 5.48 Å². The van der Waals surface area contributed by atoms with Crippen LogP contribution in [0.15, 0.2) is 0 Å². The average Bonchev–Trinajstić information content (AvgIpc) is 0.811. The zero-order valence-corrected chi connectivity index (χ0v) is 10.0. The molecule has 32 valence electrons. The second-order valence-corrected chi connectivity index (χ2v) is 1.21. The predicted molar refractivity (Wildman–Crippen MR) is 2.75 cm³/mol. The molecule has 0 unspecified atom stereocenters. The van der Waals surface area contributed by atoms with Crippen molar-refractivity contribution in [1.82, 2.24) is 0 Å². The van der Waals surface area contributed by atoms with Gasteiger partial charge in [0.1, 0.15) is 0 Å². The maximum absolute atomic E-state index is 8.59. The summed E-state index contributed by atoms with van der Waals surface area (Å²) in [5.41, 5.74) is 0. The fourth-order valence-corrected chi connectivity index (χ4v) is 0. The summed E-state index contributed by atoms with van der Waals surface area (Å²) in [5.74, 6) is 0. The molecule has 0 aliphatic heterocycles. The van der Waals surface area contributed by atoms with Crippen molar-refractivity contribution in [2.24, 2.45) is 0 Å². The van der Waals surface area contributed by atoms with Crippen LogP contribution in [-0.2, 0) is 32.9 Å². The summed E-state index contributed by atoms with van der Waals surface area (Å²) in [6, 6.07) is 0. The summed E-state index contributed by atoms with van der Waals surface area (Å²) in [6.07, 6.45) is 0. The summed E-state index contributed by atoms with van der Waals surface area (Å²) < 4.78 is 25.8. The third-order valence-corrected chi connectivity index (χ3v) is 0. The van der Waals surface area contributed by atoms with Gasteiger partial charge in [0.15, 0.2) is 0 Å². The van der Waals surface area contributed by atoms with Crippen molar-refractivity contribution in [3.05, 3.63) is 0 Å². The zero-order chi connectivity index (χ0) is 3.58. The van der Waals surface area contributed by atoms with Gasteiger partial charge in [-0.3, -0.25) is 0 Å². The summed E-state index contributed by atoms with van der Waals surface area (Å²) in [4.78, 5) is 0. The van der Waals surface area contributed by atoms with Gasteiger partial charge in [-0.25, -0.2) is 0 Å². The molecule has 0 heterocycles. The first-order chi connectivity index (χ1) is 1.73. The van der Waals surface area contributed by atoms with Gasteiger partial charge >= 0.3 is 86.5 Å². The van der Waals surface area contributed by atoms with Crippen LogP contribution in [-0.4, -0.2) is 0 Å². The van der Waals surface area contributed by atoms with E-state index < -0.39 is 17.2 Å². The van der Waals surface area contributed by atoms with Gasteiger partial charge in [0, 0.05) is 0 Å². The maximum atomic E-state index is 8.59. The molecule has 0 rings (SSSR count). The molecule has 0 N–H and O–H groups in total. The Hall–Kier alpha value is 2.05. The summed E-state index contributed by atoms with van der Waals surface area (Å²) >= 11 is -4.11. The fraction of sp³-hybridized carbons (Fsp3) is 0. The molecular formula is MoNa2O4. The molecule has 0 aromatic carbocycles. The van der Waals surface area contributed by atoms with Crippen LogP contribution in [0.2, 0.25) is 0 Å². The van der Waals surface area contributed by atoms with Crippen LogP contribution in [0.3, 0.4) is 0 Å². The van der Waals surface area contributed by atoms with Crippen molar-refractivity contribution in [1.29, 1.82) is 0 Å². The Labute approximate surface area is 90.4 Å². The van der Waals surface area contributed by atoms with Gasteiger partial charge in [0.25, 0.3) is 0 Å². The van der Waals surface area contributed by atoms with E-state index in [2.05, 4.69) is 0 Å². The predicted octanol–water partition coefficient (Wildman–Crippen LogP) is -6.47. The number of hydrogen-bond donors (Lipinski definition) is 0. The molecule has 0 aromatic heterocycles. The van der Waals surface area contributed by atoms with E-state index in [1.165, 1.54) is 0 Å². The molecule has 7 heteroatoms. The van der Waals surface area contributed by atoms with Crippen molar-refractivity contribution >= 4 is 0 Å². The van der Waals surface area contributed by atoms with E-state index in [9.17, 15) is 0 Å². The quantitative estimate of drug-likeness (QED) is 0.369. The Morgan fingerprint density at radius 1 is 0.857 bits per heavy atom. The summed E-state index contributed by atoms with van der Waals surface area (Å²) in [7, 11) is 0. The summed E-state index contributed by atoms with van der Waals surface area (Å²) in [6.45, 7) is 0. The van der Waals surface area contributed by atoms with E-state index in [1.807, 2.05) is 0 Å². The van der Waals surface area contributed by atoms with Crippen molar-refractivity contribution in [3.8, 4) is 0 Å². The van der Waals surface area contributed by atoms with Gasteiger partial charge in [-0.15, -0.1) is 0 Å². The minimum absolute atomic E-state index is 0. The Balaban J connectivity index is -0.0000000150. The average molecular weight is 206 g/mol. The van der Waals surface area contributed by atoms with Crippen molar-refractivity contribution in [3.63, 3.8) is 0 Å². The van der Waals surface area contributed by atoms with E-state index in [0.717, 1.165) is 0 Å². The van der Waals surface area contributed by atoms with Gasteiger partial charge in [-0.2, -0.15) is 0 Å². The standard InChI is InChI=1S/Mo.2Na.4O/q;2*+1;;;;-2. The Morgan fingerprint density at radius 2 is 0.857 bits per heavy atom. The van der Waals surface area contributed by atoms with Crippen molar-refractivity contribution in [2.75, 3.05) is 0 Å². The van der Waals surface area contributed by atoms with Gasteiger partial charge in [0.05, 0.1) is 0 Å². The van der Waals surface area contributed by atoms with Crippen LogP contribution < -0.4 is 59.1 Å². The summed E-state index contributed by atoms with van der Waals surface area (Å²) in [5, 5.41) is 0. The molecule has 4 nitrogen and oxygen atoms in total. The number of hydrogen-bond acceptors (Lipinski definition) is 3. The molecule has 0 fully saturated rings. The molecule has 0 aliphatic rings. The van der Waals surface area contributed by atoms with Crippen LogP contribution in [0.4, 0.5) is 0 Å². The number of rotatable bonds is 0. The first-order valence-electron chi connectivity index (χ1n) is 0.500. The van der Waals surface area contributed by atoms with Gasteiger partial charge in [-0.1, -0.05) is 0 Å². The van der Waals surface area contributed by atoms with Crippen LogP contribution in [0, 0.1) is 0 Å². The Kier molecular flexibility index (Phi) is 51.5. The molecule has 0 aliphatic carbocycles. The van der Waals surface area contributed by atoms with Crippen LogP contribution in [0.1, 0.15) is 0 Å². The van der Waals surface area contributed by atoms with Crippen LogP contribution >= 0.6 is 0 Å².